The zero-order chi connectivity index (χ0) is 13.7. The van der Waals surface area contributed by atoms with Crippen LogP contribution in [0.1, 0.15) is 18.4 Å². The molecule has 1 aliphatic rings. The number of hydrogen-bond acceptors (Lipinski definition) is 3. The van der Waals surface area contributed by atoms with Gasteiger partial charge in [-0.3, -0.25) is 4.79 Å². The Labute approximate surface area is 126 Å². The number of rotatable bonds is 6. The highest BCUT2D eigenvalue weighted by Gasteiger charge is 2.27. The number of carbonyl (C=O) groups is 1. The predicted molar refractivity (Wildman–Crippen MR) is 80.7 cm³/mol. The zero-order valence-corrected chi connectivity index (χ0v) is 12.6. The number of ether oxygens (including phenoxy) is 1. The Kier molecular flexibility index (Phi) is 6.82. The van der Waals surface area contributed by atoms with Crippen LogP contribution in [0.25, 0.3) is 0 Å². The first-order chi connectivity index (χ1) is 9.19. The molecular formula is C15H22ClNO3. The fourth-order valence-electron chi connectivity index (χ4n) is 2.57. The Bertz CT molecular complexity index is 439. The predicted octanol–water partition coefficient (Wildman–Crippen LogP) is 2.46. The molecule has 0 amide bonds. The molecule has 1 saturated heterocycles. The van der Waals surface area contributed by atoms with E-state index in [4.69, 9.17) is 9.84 Å². The van der Waals surface area contributed by atoms with E-state index in [2.05, 4.69) is 17.0 Å². The van der Waals surface area contributed by atoms with E-state index in [-0.39, 0.29) is 18.3 Å². The van der Waals surface area contributed by atoms with Gasteiger partial charge in [-0.2, -0.15) is 0 Å². The zero-order valence-electron chi connectivity index (χ0n) is 11.7. The van der Waals surface area contributed by atoms with Crippen LogP contribution < -0.4 is 4.74 Å². The maximum Gasteiger partial charge on any atom is 0.307 e. The number of hydrogen-bond donors (Lipinski definition) is 1. The van der Waals surface area contributed by atoms with Crippen molar-refractivity contribution < 1.29 is 14.6 Å². The first-order valence-electron chi connectivity index (χ1n) is 6.77. The maximum atomic E-state index is 10.9. The Morgan fingerprint density at radius 1 is 1.50 bits per heavy atom. The molecule has 1 atom stereocenters. The van der Waals surface area contributed by atoms with Gasteiger partial charge in [0.2, 0.25) is 0 Å². The quantitative estimate of drug-likeness (QED) is 0.876. The van der Waals surface area contributed by atoms with Crippen molar-refractivity contribution in [3.05, 3.63) is 29.8 Å². The molecule has 1 aromatic rings. The average molecular weight is 300 g/mol. The second-order valence-corrected chi connectivity index (χ2v) is 5.08. The molecule has 0 spiro atoms. The van der Waals surface area contributed by atoms with E-state index >= 15 is 0 Å². The van der Waals surface area contributed by atoms with Gasteiger partial charge in [-0.15, -0.1) is 12.4 Å². The summed E-state index contributed by atoms with van der Waals surface area (Å²) in [7, 11) is 1.68. The van der Waals surface area contributed by atoms with E-state index in [9.17, 15) is 4.79 Å². The number of likely N-dealkylation sites (tertiary alicyclic amines) is 1. The molecule has 2 rings (SSSR count). The molecule has 0 bridgehead atoms. The minimum atomic E-state index is -0.657. The van der Waals surface area contributed by atoms with Crippen LogP contribution in [-0.2, 0) is 11.2 Å². The van der Waals surface area contributed by atoms with Crippen LogP contribution >= 0.6 is 12.4 Å². The molecule has 0 aliphatic carbocycles. The Morgan fingerprint density at radius 2 is 2.30 bits per heavy atom. The minimum absolute atomic E-state index is 0. The van der Waals surface area contributed by atoms with E-state index < -0.39 is 5.97 Å². The van der Waals surface area contributed by atoms with Crippen LogP contribution in [0.15, 0.2) is 24.3 Å². The number of benzene rings is 1. The fraction of sp³-hybridized carbons (Fsp3) is 0.533. The summed E-state index contributed by atoms with van der Waals surface area (Å²) in [6.07, 6.45) is 2.85. The summed E-state index contributed by atoms with van der Waals surface area (Å²) in [5, 5.41) is 8.95. The molecule has 1 N–H and O–H groups in total. The van der Waals surface area contributed by atoms with Gasteiger partial charge in [0.25, 0.3) is 0 Å². The van der Waals surface area contributed by atoms with Crippen LogP contribution in [0.2, 0.25) is 0 Å². The third-order valence-electron chi connectivity index (χ3n) is 3.70. The molecule has 112 valence electrons. The monoisotopic (exact) mass is 299 g/mol. The molecule has 0 saturated carbocycles. The number of methoxy groups -OCH3 is 1. The van der Waals surface area contributed by atoms with Crippen LogP contribution in [0.3, 0.4) is 0 Å². The lowest BCUT2D eigenvalue weighted by Crippen LogP contribution is -2.24. The normalized spacial score (nSPS) is 18.6. The molecule has 5 heteroatoms. The van der Waals surface area contributed by atoms with E-state index in [0.29, 0.717) is 6.54 Å². The summed E-state index contributed by atoms with van der Waals surface area (Å²) in [4.78, 5) is 13.1. The Balaban J connectivity index is 0.00000200. The average Bonchev–Trinajstić information content (AvgIpc) is 2.88. The molecular weight excluding hydrogens is 278 g/mol. The third kappa shape index (κ3) is 4.69. The maximum absolute atomic E-state index is 10.9. The van der Waals surface area contributed by atoms with Crippen molar-refractivity contribution in [2.45, 2.75) is 19.3 Å². The number of halogens is 1. The van der Waals surface area contributed by atoms with Crippen LogP contribution in [0, 0.1) is 5.92 Å². The summed E-state index contributed by atoms with van der Waals surface area (Å²) in [6, 6.07) is 8.11. The minimum Gasteiger partial charge on any atom is -0.497 e. The molecule has 20 heavy (non-hydrogen) atoms. The van der Waals surface area contributed by atoms with Crippen LogP contribution in [0.5, 0.6) is 5.75 Å². The molecule has 1 fully saturated rings. The number of nitrogens with zero attached hydrogens (tertiary/aromatic N) is 1. The number of carboxylic acid groups (broad SMARTS) is 1. The van der Waals surface area contributed by atoms with Gasteiger partial charge in [0.05, 0.1) is 13.0 Å². The summed E-state index contributed by atoms with van der Waals surface area (Å²) in [5.41, 5.74) is 1.27. The smallest absolute Gasteiger partial charge is 0.307 e. The van der Waals surface area contributed by atoms with Gasteiger partial charge in [-0.05, 0) is 50.0 Å². The number of carboxylic acids is 1. The first kappa shape index (κ1) is 16.8. The lowest BCUT2D eigenvalue weighted by atomic mass is 10.1. The van der Waals surface area contributed by atoms with Gasteiger partial charge in [-0.25, -0.2) is 0 Å². The Hall–Kier alpha value is -1.26. The summed E-state index contributed by atoms with van der Waals surface area (Å²) >= 11 is 0. The molecule has 1 aromatic carbocycles. The van der Waals surface area contributed by atoms with Crippen molar-refractivity contribution in [3.8, 4) is 5.75 Å². The molecule has 1 unspecified atom stereocenters. The van der Waals surface area contributed by atoms with E-state index in [1.807, 2.05) is 12.1 Å². The standard InChI is InChI=1S/C15H21NO3.ClH/c1-19-14-6-2-4-12(10-14)5-3-8-16-9-7-13(11-16)15(17)18;/h2,4,6,10,13H,3,5,7-9,11H2,1H3,(H,17,18);1H. The van der Waals surface area contributed by atoms with Crippen molar-refractivity contribution in [3.63, 3.8) is 0 Å². The van der Waals surface area contributed by atoms with Gasteiger partial charge in [0.15, 0.2) is 0 Å². The van der Waals surface area contributed by atoms with Crippen molar-refractivity contribution in [2.75, 3.05) is 26.7 Å². The summed E-state index contributed by atoms with van der Waals surface area (Å²) in [6.45, 7) is 2.59. The molecule has 0 radical (unpaired) electrons. The van der Waals surface area contributed by atoms with Gasteiger partial charge in [0.1, 0.15) is 5.75 Å². The molecule has 0 aromatic heterocycles. The molecule has 1 heterocycles. The SMILES string of the molecule is COc1cccc(CCCN2CCC(C(=O)O)C2)c1.Cl. The first-order valence-corrected chi connectivity index (χ1v) is 6.77. The number of aryl methyl sites for hydroxylation is 1. The van der Waals surface area contributed by atoms with Gasteiger partial charge in [-0.1, -0.05) is 12.1 Å². The fourth-order valence-corrected chi connectivity index (χ4v) is 2.57. The third-order valence-corrected chi connectivity index (χ3v) is 3.70. The summed E-state index contributed by atoms with van der Waals surface area (Å²) in [5.74, 6) is 0.0664. The van der Waals surface area contributed by atoms with Crippen LogP contribution in [-0.4, -0.2) is 42.7 Å². The van der Waals surface area contributed by atoms with E-state index in [1.54, 1.807) is 7.11 Å². The van der Waals surface area contributed by atoms with Gasteiger partial charge < -0.3 is 14.7 Å². The van der Waals surface area contributed by atoms with Gasteiger partial charge in [0, 0.05) is 6.54 Å². The van der Waals surface area contributed by atoms with Gasteiger partial charge >= 0.3 is 5.97 Å². The topological polar surface area (TPSA) is 49.8 Å². The highest BCUT2D eigenvalue weighted by atomic mass is 35.5. The van der Waals surface area contributed by atoms with Crippen LogP contribution in [0.4, 0.5) is 0 Å². The van der Waals surface area contributed by atoms with Crippen molar-refractivity contribution >= 4 is 18.4 Å². The highest BCUT2D eigenvalue weighted by molar-refractivity contribution is 5.85. The summed E-state index contributed by atoms with van der Waals surface area (Å²) < 4.78 is 5.20. The largest absolute Gasteiger partial charge is 0.497 e. The number of aliphatic carboxylic acids is 1. The van der Waals surface area contributed by atoms with Crippen molar-refractivity contribution in [1.82, 2.24) is 4.90 Å². The lowest BCUT2D eigenvalue weighted by molar-refractivity contribution is -0.141. The van der Waals surface area contributed by atoms with E-state index in [0.717, 1.165) is 38.1 Å². The highest BCUT2D eigenvalue weighted by Crippen LogP contribution is 2.18. The molecule has 1 aliphatic heterocycles. The second kappa shape index (κ2) is 8.12. The van der Waals surface area contributed by atoms with Crippen molar-refractivity contribution in [2.24, 2.45) is 5.92 Å². The lowest BCUT2D eigenvalue weighted by Gasteiger charge is -2.14. The van der Waals surface area contributed by atoms with Crippen molar-refractivity contribution in [1.29, 1.82) is 0 Å². The second-order valence-electron chi connectivity index (χ2n) is 5.08. The Morgan fingerprint density at radius 3 is 2.95 bits per heavy atom. The molecule has 4 nitrogen and oxygen atoms in total. The van der Waals surface area contributed by atoms with E-state index in [1.165, 1.54) is 5.56 Å².